The summed E-state index contributed by atoms with van der Waals surface area (Å²) in [6.45, 7) is 2.57. The van der Waals surface area contributed by atoms with E-state index in [4.69, 9.17) is 9.05 Å². The van der Waals surface area contributed by atoms with Crippen LogP contribution in [0, 0.1) is 0 Å². The van der Waals surface area contributed by atoms with Crippen molar-refractivity contribution in [3.8, 4) is 11.4 Å². The van der Waals surface area contributed by atoms with Gasteiger partial charge in [0.2, 0.25) is 5.82 Å². The van der Waals surface area contributed by atoms with E-state index in [0.29, 0.717) is 18.4 Å². The SMILES string of the molecule is CCCc1cc(CNc2nc(-c3ccccc3)no2)on1. The first-order valence-electron chi connectivity index (χ1n) is 6.92. The molecule has 1 aromatic carbocycles. The Hall–Kier alpha value is -2.63. The maximum atomic E-state index is 5.23. The molecule has 0 fully saturated rings. The zero-order valence-electron chi connectivity index (χ0n) is 11.7. The van der Waals surface area contributed by atoms with Gasteiger partial charge in [-0.15, -0.1) is 0 Å². The van der Waals surface area contributed by atoms with Crippen LogP contribution in [0.15, 0.2) is 45.4 Å². The number of nitrogens with zero attached hydrogens (tertiary/aromatic N) is 3. The topological polar surface area (TPSA) is 77.0 Å². The van der Waals surface area contributed by atoms with E-state index < -0.39 is 0 Å². The Morgan fingerprint density at radius 1 is 1.10 bits per heavy atom. The molecule has 0 saturated carbocycles. The van der Waals surface area contributed by atoms with Gasteiger partial charge in [0.15, 0.2) is 5.76 Å². The maximum absolute atomic E-state index is 5.23. The summed E-state index contributed by atoms with van der Waals surface area (Å²) < 4.78 is 10.4. The third-order valence-corrected chi connectivity index (χ3v) is 2.99. The van der Waals surface area contributed by atoms with Crippen molar-refractivity contribution in [3.05, 3.63) is 47.9 Å². The lowest BCUT2D eigenvalue weighted by Gasteiger charge is -1.95. The van der Waals surface area contributed by atoms with E-state index in [-0.39, 0.29) is 0 Å². The molecule has 0 unspecified atom stereocenters. The van der Waals surface area contributed by atoms with Crippen LogP contribution in [-0.2, 0) is 13.0 Å². The van der Waals surface area contributed by atoms with Gasteiger partial charge in [0.1, 0.15) is 0 Å². The van der Waals surface area contributed by atoms with Gasteiger partial charge < -0.3 is 14.4 Å². The summed E-state index contributed by atoms with van der Waals surface area (Å²) in [5.41, 5.74) is 1.88. The van der Waals surface area contributed by atoms with Gasteiger partial charge in [-0.25, -0.2) is 0 Å². The van der Waals surface area contributed by atoms with Crippen LogP contribution >= 0.6 is 0 Å². The average Bonchev–Trinajstić information content (AvgIpc) is 3.16. The molecule has 2 aromatic heterocycles. The van der Waals surface area contributed by atoms with Gasteiger partial charge in [-0.1, -0.05) is 54.0 Å². The summed E-state index contributed by atoms with van der Waals surface area (Å²) in [7, 11) is 0. The lowest BCUT2D eigenvalue weighted by atomic mass is 10.2. The van der Waals surface area contributed by atoms with Gasteiger partial charge in [-0.05, 0) is 6.42 Å². The Morgan fingerprint density at radius 3 is 2.76 bits per heavy atom. The molecule has 0 saturated heterocycles. The molecule has 0 amide bonds. The monoisotopic (exact) mass is 284 g/mol. The van der Waals surface area contributed by atoms with E-state index in [0.717, 1.165) is 29.9 Å². The summed E-state index contributed by atoms with van der Waals surface area (Å²) in [5.74, 6) is 1.31. The zero-order valence-corrected chi connectivity index (χ0v) is 11.7. The molecule has 21 heavy (non-hydrogen) atoms. The van der Waals surface area contributed by atoms with Crippen LogP contribution in [0.25, 0.3) is 11.4 Å². The van der Waals surface area contributed by atoms with Crippen LogP contribution in [0.1, 0.15) is 24.8 Å². The summed E-state index contributed by atoms with van der Waals surface area (Å²) >= 11 is 0. The van der Waals surface area contributed by atoms with E-state index in [1.165, 1.54) is 0 Å². The van der Waals surface area contributed by atoms with Crippen LogP contribution in [-0.4, -0.2) is 15.3 Å². The Balaban J connectivity index is 1.62. The number of anilines is 1. The molecular weight excluding hydrogens is 268 g/mol. The molecule has 3 rings (SSSR count). The number of nitrogens with one attached hydrogen (secondary N) is 1. The predicted octanol–water partition coefficient (Wildman–Crippen LogP) is 3.29. The van der Waals surface area contributed by atoms with Gasteiger partial charge in [0.05, 0.1) is 12.2 Å². The third kappa shape index (κ3) is 3.28. The fraction of sp³-hybridized carbons (Fsp3) is 0.267. The lowest BCUT2D eigenvalue weighted by Crippen LogP contribution is -1.98. The third-order valence-electron chi connectivity index (χ3n) is 2.99. The number of aromatic nitrogens is 3. The van der Waals surface area contributed by atoms with Gasteiger partial charge in [-0.3, -0.25) is 0 Å². The Bertz CT molecular complexity index is 691. The van der Waals surface area contributed by atoms with Crippen molar-refractivity contribution in [1.82, 2.24) is 15.3 Å². The number of hydrogen-bond acceptors (Lipinski definition) is 6. The van der Waals surface area contributed by atoms with Crippen molar-refractivity contribution in [2.75, 3.05) is 5.32 Å². The molecule has 0 atom stereocenters. The first kappa shape index (κ1) is 13.4. The summed E-state index contributed by atoms with van der Waals surface area (Å²) in [4.78, 5) is 4.29. The highest BCUT2D eigenvalue weighted by Crippen LogP contribution is 2.17. The fourth-order valence-corrected chi connectivity index (χ4v) is 1.98. The normalized spacial score (nSPS) is 10.7. The van der Waals surface area contributed by atoms with Crippen molar-refractivity contribution >= 4 is 6.01 Å². The highest BCUT2D eigenvalue weighted by molar-refractivity contribution is 5.54. The average molecular weight is 284 g/mol. The maximum Gasteiger partial charge on any atom is 0.322 e. The van der Waals surface area contributed by atoms with Crippen LogP contribution in [0.2, 0.25) is 0 Å². The molecule has 0 spiro atoms. The van der Waals surface area contributed by atoms with E-state index in [1.54, 1.807) is 0 Å². The minimum atomic E-state index is 0.363. The summed E-state index contributed by atoms with van der Waals surface area (Å²) in [6.07, 6.45) is 1.96. The number of benzene rings is 1. The smallest absolute Gasteiger partial charge is 0.322 e. The molecule has 0 bridgehead atoms. The molecular formula is C15H16N4O2. The Kier molecular flexibility index (Phi) is 3.95. The lowest BCUT2D eigenvalue weighted by molar-refractivity contribution is 0.377. The van der Waals surface area contributed by atoms with E-state index in [9.17, 15) is 0 Å². The Labute approximate surface area is 122 Å². The highest BCUT2D eigenvalue weighted by Gasteiger charge is 2.09. The van der Waals surface area contributed by atoms with Crippen LogP contribution in [0.4, 0.5) is 6.01 Å². The second-order valence-corrected chi connectivity index (χ2v) is 4.68. The van der Waals surface area contributed by atoms with Gasteiger partial charge >= 0.3 is 6.01 Å². The predicted molar refractivity (Wildman–Crippen MR) is 77.6 cm³/mol. The molecule has 108 valence electrons. The molecule has 1 N–H and O–H groups in total. The van der Waals surface area contributed by atoms with E-state index in [2.05, 4.69) is 27.5 Å². The Morgan fingerprint density at radius 2 is 1.95 bits per heavy atom. The van der Waals surface area contributed by atoms with Crippen LogP contribution < -0.4 is 5.32 Å². The largest absolute Gasteiger partial charge is 0.359 e. The van der Waals surface area contributed by atoms with Crippen molar-refractivity contribution in [2.45, 2.75) is 26.3 Å². The molecule has 6 heteroatoms. The second-order valence-electron chi connectivity index (χ2n) is 4.68. The minimum absolute atomic E-state index is 0.363. The standard InChI is InChI=1S/C15H16N4O2/c1-2-6-12-9-13(20-18-12)10-16-15-17-14(19-21-15)11-7-4-3-5-8-11/h3-5,7-9H,2,6,10H2,1H3,(H,16,17,19). The van der Waals surface area contributed by atoms with Crippen molar-refractivity contribution in [3.63, 3.8) is 0 Å². The molecule has 0 aliphatic rings. The quantitative estimate of drug-likeness (QED) is 0.748. The number of hydrogen-bond donors (Lipinski definition) is 1. The fourth-order valence-electron chi connectivity index (χ4n) is 1.98. The van der Waals surface area contributed by atoms with Gasteiger partial charge in [-0.2, -0.15) is 4.98 Å². The molecule has 6 nitrogen and oxygen atoms in total. The molecule has 0 aliphatic heterocycles. The van der Waals surface area contributed by atoms with Crippen LogP contribution in [0.3, 0.4) is 0 Å². The molecule has 0 aliphatic carbocycles. The van der Waals surface area contributed by atoms with E-state index in [1.807, 2.05) is 36.4 Å². The first-order chi connectivity index (χ1) is 10.3. The number of rotatable bonds is 6. The highest BCUT2D eigenvalue weighted by atomic mass is 16.5. The van der Waals surface area contributed by atoms with Gasteiger partial charge in [0, 0.05) is 11.6 Å². The van der Waals surface area contributed by atoms with Gasteiger partial charge in [0.25, 0.3) is 0 Å². The number of aryl methyl sites for hydroxylation is 1. The summed E-state index contributed by atoms with van der Waals surface area (Å²) in [6, 6.07) is 12.0. The van der Waals surface area contributed by atoms with Crippen molar-refractivity contribution < 1.29 is 9.05 Å². The molecule has 0 radical (unpaired) electrons. The van der Waals surface area contributed by atoms with E-state index >= 15 is 0 Å². The van der Waals surface area contributed by atoms with Crippen LogP contribution in [0.5, 0.6) is 0 Å². The van der Waals surface area contributed by atoms with Crippen molar-refractivity contribution in [1.29, 1.82) is 0 Å². The first-order valence-corrected chi connectivity index (χ1v) is 6.92. The molecule has 3 aromatic rings. The molecule has 2 heterocycles. The van der Waals surface area contributed by atoms with Crippen molar-refractivity contribution in [2.24, 2.45) is 0 Å². The second kappa shape index (κ2) is 6.21. The minimum Gasteiger partial charge on any atom is -0.359 e. The zero-order chi connectivity index (χ0) is 14.5. The summed E-state index contributed by atoms with van der Waals surface area (Å²) in [5, 5.41) is 11.0.